The Balaban J connectivity index is 2.12. The number of aromatic hydroxyl groups is 1. The number of nitrogens with two attached hydrogens (primary N) is 1. The van der Waals surface area contributed by atoms with Gasteiger partial charge in [0.25, 0.3) is 0 Å². The molecule has 0 atom stereocenters. The van der Waals surface area contributed by atoms with E-state index in [1.165, 1.54) is 0 Å². The molecule has 0 aliphatic rings. The fraction of sp³-hybridized carbons (Fsp3) is 0.0625. The molecule has 0 amide bonds. The topological polar surface area (TPSA) is 71.2 Å². The molecule has 4 heteroatoms. The van der Waals surface area contributed by atoms with Crippen LogP contribution in [0.1, 0.15) is 5.56 Å². The van der Waals surface area contributed by atoms with E-state index in [2.05, 4.69) is 10.3 Å². The molecular weight excluding hydrogens is 250 g/mol. The van der Waals surface area contributed by atoms with Crippen molar-refractivity contribution in [1.29, 1.82) is 0 Å². The van der Waals surface area contributed by atoms with Crippen LogP contribution in [0.3, 0.4) is 0 Å². The fourth-order valence-electron chi connectivity index (χ4n) is 2.27. The summed E-state index contributed by atoms with van der Waals surface area (Å²) in [6.07, 6.45) is 1.74. The number of rotatable bonds is 2. The number of benzene rings is 2. The van der Waals surface area contributed by atoms with Gasteiger partial charge in [-0.2, -0.15) is 0 Å². The number of hydrogen-bond donors (Lipinski definition) is 3. The van der Waals surface area contributed by atoms with Gasteiger partial charge in [-0.25, -0.2) is 4.98 Å². The Kier molecular flexibility index (Phi) is 2.91. The first-order valence-corrected chi connectivity index (χ1v) is 6.35. The van der Waals surface area contributed by atoms with Crippen LogP contribution >= 0.6 is 0 Å². The van der Waals surface area contributed by atoms with Crippen molar-refractivity contribution in [3.63, 3.8) is 0 Å². The largest absolute Gasteiger partial charge is 0.508 e. The third-order valence-corrected chi connectivity index (χ3v) is 3.30. The van der Waals surface area contributed by atoms with Crippen LogP contribution in [-0.2, 0) is 0 Å². The third kappa shape index (κ3) is 2.12. The highest BCUT2D eigenvalue weighted by molar-refractivity contribution is 6.02. The van der Waals surface area contributed by atoms with Gasteiger partial charge in [-0.1, -0.05) is 6.07 Å². The van der Waals surface area contributed by atoms with Crippen molar-refractivity contribution in [3.8, 4) is 5.75 Å². The lowest BCUT2D eigenvalue weighted by Gasteiger charge is -2.12. The number of pyridine rings is 1. The van der Waals surface area contributed by atoms with Gasteiger partial charge < -0.3 is 16.2 Å². The van der Waals surface area contributed by atoms with Crippen LogP contribution in [-0.4, -0.2) is 10.1 Å². The van der Waals surface area contributed by atoms with Crippen molar-refractivity contribution in [2.45, 2.75) is 6.92 Å². The summed E-state index contributed by atoms with van der Waals surface area (Å²) >= 11 is 0. The standard InChI is InChI=1S/C16H15N3O/c1-10-2-7-14(17)13-8-9-18-16(15(10)13)19-11-3-5-12(20)6-4-11/h2-9,20H,17H2,1H3,(H,18,19). The van der Waals surface area contributed by atoms with Gasteiger partial charge in [-0.3, -0.25) is 0 Å². The second kappa shape index (κ2) is 4.74. The maximum atomic E-state index is 9.32. The highest BCUT2D eigenvalue weighted by Gasteiger charge is 2.08. The van der Waals surface area contributed by atoms with Crippen molar-refractivity contribution in [3.05, 3.63) is 54.2 Å². The molecule has 0 saturated carbocycles. The van der Waals surface area contributed by atoms with E-state index in [4.69, 9.17) is 5.73 Å². The summed E-state index contributed by atoms with van der Waals surface area (Å²) in [4.78, 5) is 4.40. The summed E-state index contributed by atoms with van der Waals surface area (Å²) in [5.41, 5.74) is 8.74. The van der Waals surface area contributed by atoms with E-state index < -0.39 is 0 Å². The number of phenols is 1. The van der Waals surface area contributed by atoms with Crippen molar-refractivity contribution in [2.24, 2.45) is 0 Å². The van der Waals surface area contributed by atoms with E-state index >= 15 is 0 Å². The highest BCUT2D eigenvalue weighted by Crippen LogP contribution is 2.31. The van der Waals surface area contributed by atoms with Crippen molar-refractivity contribution in [1.82, 2.24) is 4.98 Å². The van der Waals surface area contributed by atoms with Gasteiger partial charge in [0.1, 0.15) is 11.6 Å². The molecule has 0 radical (unpaired) electrons. The van der Waals surface area contributed by atoms with Gasteiger partial charge >= 0.3 is 0 Å². The Morgan fingerprint density at radius 2 is 1.80 bits per heavy atom. The first-order chi connectivity index (χ1) is 9.65. The number of aromatic nitrogens is 1. The predicted molar refractivity (Wildman–Crippen MR) is 82.3 cm³/mol. The number of nitrogens with zero attached hydrogens (tertiary/aromatic N) is 1. The summed E-state index contributed by atoms with van der Waals surface area (Å²) in [5, 5.41) is 14.6. The monoisotopic (exact) mass is 265 g/mol. The van der Waals surface area contributed by atoms with Crippen LogP contribution in [0, 0.1) is 6.92 Å². The summed E-state index contributed by atoms with van der Waals surface area (Å²) in [6, 6.07) is 12.7. The molecule has 100 valence electrons. The van der Waals surface area contributed by atoms with Gasteiger partial charge in [0.15, 0.2) is 0 Å². The average Bonchev–Trinajstić information content (AvgIpc) is 2.46. The van der Waals surface area contributed by atoms with E-state index in [1.807, 2.05) is 25.1 Å². The van der Waals surface area contributed by atoms with Gasteiger partial charge in [0.05, 0.1) is 0 Å². The predicted octanol–water partition coefficient (Wildman–Crippen LogP) is 3.57. The fourth-order valence-corrected chi connectivity index (χ4v) is 2.27. The molecule has 1 aromatic heterocycles. The minimum atomic E-state index is 0.238. The van der Waals surface area contributed by atoms with Crippen molar-refractivity contribution < 1.29 is 5.11 Å². The maximum absolute atomic E-state index is 9.32. The van der Waals surface area contributed by atoms with Gasteiger partial charge in [-0.15, -0.1) is 0 Å². The molecule has 2 aromatic carbocycles. The Labute approximate surface area is 116 Å². The number of hydrogen-bond acceptors (Lipinski definition) is 4. The molecule has 0 fully saturated rings. The molecule has 4 N–H and O–H groups in total. The quantitative estimate of drug-likeness (QED) is 0.489. The molecule has 3 aromatic rings. The minimum absolute atomic E-state index is 0.238. The molecule has 0 spiro atoms. The van der Waals surface area contributed by atoms with Gasteiger partial charge in [0, 0.05) is 28.3 Å². The zero-order valence-electron chi connectivity index (χ0n) is 11.1. The summed E-state index contributed by atoms with van der Waals surface area (Å²) in [5.74, 6) is 1.000. The van der Waals surface area contributed by atoms with Crippen LogP contribution in [0.15, 0.2) is 48.7 Å². The maximum Gasteiger partial charge on any atom is 0.138 e. The molecule has 3 rings (SSSR count). The Morgan fingerprint density at radius 1 is 1.05 bits per heavy atom. The minimum Gasteiger partial charge on any atom is -0.508 e. The number of nitrogen functional groups attached to an aromatic ring is 1. The van der Waals surface area contributed by atoms with Crippen molar-refractivity contribution in [2.75, 3.05) is 11.1 Å². The zero-order valence-corrected chi connectivity index (χ0v) is 11.1. The molecule has 20 heavy (non-hydrogen) atoms. The highest BCUT2D eigenvalue weighted by atomic mass is 16.3. The molecule has 4 nitrogen and oxygen atoms in total. The summed E-state index contributed by atoms with van der Waals surface area (Å²) in [7, 11) is 0. The average molecular weight is 265 g/mol. The second-order valence-corrected chi connectivity index (χ2v) is 4.73. The summed E-state index contributed by atoms with van der Waals surface area (Å²) < 4.78 is 0. The van der Waals surface area contributed by atoms with Crippen LogP contribution in [0.2, 0.25) is 0 Å². The lowest BCUT2D eigenvalue weighted by atomic mass is 10.1. The zero-order chi connectivity index (χ0) is 14.1. The van der Waals surface area contributed by atoms with Gasteiger partial charge in [0.2, 0.25) is 0 Å². The molecule has 0 bridgehead atoms. The van der Waals surface area contributed by atoms with E-state index in [0.29, 0.717) is 0 Å². The number of aryl methyl sites for hydroxylation is 1. The normalized spacial score (nSPS) is 10.7. The number of nitrogens with one attached hydrogen (secondary N) is 1. The van der Waals surface area contributed by atoms with Crippen molar-refractivity contribution >= 4 is 28.0 Å². The van der Waals surface area contributed by atoms with Crippen LogP contribution in [0.25, 0.3) is 10.8 Å². The lowest BCUT2D eigenvalue weighted by molar-refractivity contribution is 0.475. The third-order valence-electron chi connectivity index (χ3n) is 3.30. The lowest BCUT2D eigenvalue weighted by Crippen LogP contribution is -1.97. The Morgan fingerprint density at radius 3 is 2.55 bits per heavy atom. The number of fused-ring (bicyclic) bond motifs is 1. The molecule has 0 unspecified atom stereocenters. The van der Waals surface area contributed by atoms with E-state index in [0.717, 1.165) is 33.5 Å². The first kappa shape index (κ1) is 12.3. The Bertz CT molecular complexity index is 767. The molecule has 1 heterocycles. The first-order valence-electron chi connectivity index (χ1n) is 6.35. The second-order valence-electron chi connectivity index (χ2n) is 4.73. The van der Waals surface area contributed by atoms with Gasteiger partial charge in [-0.05, 0) is 48.9 Å². The van der Waals surface area contributed by atoms with E-state index in [1.54, 1.807) is 30.5 Å². The van der Waals surface area contributed by atoms with Crippen LogP contribution in [0.5, 0.6) is 5.75 Å². The molecule has 0 saturated heterocycles. The number of phenolic OH excluding ortho intramolecular Hbond substituents is 1. The van der Waals surface area contributed by atoms with Crippen LogP contribution in [0.4, 0.5) is 17.2 Å². The van der Waals surface area contributed by atoms with E-state index in [-0.39, 0.29) is 5.75 Å². The van der Waals surface area contributed by atoms with Crippen LogP contribution < -0.4 is 11.1 Å². The molecular formula is C16H15N3O. The number of anilines is 3. The summed E-state index contributed by atoms with van der Waals surface area (Å²) in [6.45, 7) is 2.03. The SMILES string of the molecule is Cc1ccc(N)c2ccnc(Nc3ccc(O)cc3)c12. The smallest absolute Gasteiger partial charge is 0.138 e. The molecule has 0 aliphatic carbocycles. The Hall–Kier alpha value is -2.75. The van der Waals surface area contributed by atoms with E-state index in [9.17, 15) is 5.11 Å². The molecule has 0 aliphatic heterocycles.